The monoisotopic (exact) mass is 278 g/mol. The number of hydrogen-bond donors (Lipinski definition) is 2. The van der Waals surface area contributed by atoms with Crippen molar-refractivity contribution in [1.82, 2.24) is 14.7 Å². The number of pyridine rings is 1. The lowest BCUT2D eigenvalue weighted by molar-refractivity contribution is 0.0942. The first-order chi connectivity index (χ1) is 9.24. The summed E-state index contributed by atoms with van der Waals surface area (Å²) in [5.41, 5.74) is 7.52. The molecule has 0 saturated carbocycles. The standard InChI is InChI=1S/C12H14N4O2S/c1-18-7-6-15-12(17)11-9(13)10(16-19-11)8-4-2-3-5-14-8/h2-5H,6-7,13H2,1H3,(H,15,17). The Labute approximate surface area is 114 Å². The van der Waals surface area contributed by atoms with Crippen LogP contribution in [0.15, 0.2) is 24.4 Å². The summed E-state index contributed by atoms with van der Waals surface area (Å²) in [6.07, 6.45) is 1.66. The van der Waals surface area contributed by atoms with Gasteiger partial charge in [0.25, 0.3) is 5.91 Å². The van der Waals surface area contributed by atoms with Crippen molar-refractivity contribution in [3.63, 3.8) is 0 Å². The number of nitrogen functional groups attached to an aromatic ring is 1. The van der Waals surface area contributed by atoms with E-state index in [4.69, 9.17) is 10.5 Å². The molecule has 0 aliphatic rings. The number of carbonyl (C=O) groups excluding carboxylic acids is 1. The van der Waals surface area contributed by atoms with Crippen LogP contribution in [0.5, 0.6) is 0 Å². The van der Waals surface area contributed by atoms with E-state index in [1.165, 1.54) is 0 Å². The van der Waals surface area contributed by atoms with E-state index < -0.39 is 0 Å². The Bertz CT molecular complexity index is 556. The fraction of sp³-hybridized carbons (Fsp3) is 0.250. The van der Waals surface area contributed by atoms with Gasteiger partial charge in [0.1, 0.15) is 10.6 Å². The minimum absolute atomic E-state index is 0.241. The number of rotatable bonds is 5. The van der Waals surface area contributed by atoms with E-state index in [-0.39, 0.29) is 5.91 Å². The van der Waals surface area contributed by atoms with Crippen molar-refractivity contribution in [2.75, 3.05) is 26.0 Å². The number of carbonyl (C=O) groups is 1. The zero-order valence-electron chi connectivity index (χ0n) is 10.4. The van der Waals surface area contributed by atoms with Crippen LogP contribution >= 0.6 is 11.5 Å². The molecule has 1 amide bonds. The predicted molar refractivity (Wildman–Crippen MR) is 74.0 cm³/mol. The highest BCUT2D eigenvalue weighted by atomic mass is 32.1. The molecule has 2 heterocycles. The van der Waals surface area contributed by atoms with Crippen LogP contribution in [0.25, 0.3) is 11.4 Å². The molecule has 0 unspecified atom stereocenters. The Morgan fingerprint density at radius 3 is 3.05 bits per heavy atom. The van der Waals surface area contributed by atoms with Crippen molar-refractivity contribution in [3.8, 4) is 11.4 Å². The lowest BCUT2D eigenvalue weighted by Crippen LogP contribution is -2.26. The summed E-state index contributed by atoms with van der Waals surface area (Å²) >= 11 is 1.07. The number of nitrogens with two attached hydrogens (primary N) is 1. The van der Waals surface area contributed by atoms with Gasteiger partial charge in [0.15, 0.2) is 0 Å². The number of aromatic nitrogens is 2. The summed E-state index contributed by atoms with van der Waals surface area (Å²) in [6.45, 7) is 0.892. The zero-order chi connectivity index (χ0) is 13.7. The molecule has 0 bridgehead atoms. The summed E-state index contributed by atoms with van der Waals surface area (Å²) in [4.78, 5) is 16.5. The molecule has 0 saturated heterocycles. The lowest BCUT2D eigenvalue weighted by atomic mass is 10.2. The molecule has 19 heavy (non-hydrogen) atoms. The van der Waals surface area contributed by atoms with Crippen LogP contribution in [0.2, 0.25) is 0 Å². The summed E-state index contributed by atoms with van der Waals surface area (Å²) in [5, 5.41) is 2.71. The second-order valence-corrected chi connectivity index (χ2v) is 4.51. The van der Waals surface area contributed by atoms with Crippen molar-refractivity contribution in [2.24, 2.45) is 0 Å². The number of amides is 1. The Balaban J connectivity index is 2.17. The van der Waals surface area contributed by atoms with Crippen molar-refractivity contribution in [1.29, 1.82) is 0 Å². The number of nitrogens with one attached hydrogen (secondary N) is 1. The summed E-state index contributed by atoms with van der Waals surface area (Å²) in [7, 11) is 1.58. The van der Waals surface area contributed by atoms with E-state index in [2.05, 4.69) is 14.7 Å². The third-order valence-electron chi connectivity index (χ3n) is 2.43. The summed E-state index contributed by atoms with van der Waals surface area (Å²) in [6, 6.07) is 5.46. The number of hydrogen-bond acceptors (Lipinski definition) is 6. The van der Waals surface area contributed by atoms with E-state index in [1.807, 2.05) is 12.1 Å². The van der Waals surface area contributed by atoms with Gasteiger partial charge in [-0.05, 0) is 23.7 Å². The van der Waals surface area contributed by atoms with Gasteiger partial charge >= 0.3 is 0 Å². The maximum atomic E-state index is 11.9. The fourth-order valence-electron chi connectivity index (χ4n) is 1.50. The largest absolute Gasteiger partial charge is 0.396 e. The molecular weight excluding hydrogens is 264 g/mol. The molecule has 0 aliphatic carbocycles. The topological polar surface area (TPSA) is 90.1 Å². The molecule has 2 rings (SSSR count). The zero-order valence-corrected chi connectivity index (χ0v) is 11.2. The second kappa shape index (κ2) is 6.26. The van der Waals surface area contributed by atoms with Crippen molar-refractivity contribution in [2.45, 2.75) is 0 Å². The quantitative estimate of drug-likeness (QED) is 0.801. The molecule has 0 fully saturated rings. The van der Waals surface area contributed by atoms with Crippen molar-refractivity contribution in [3.05, 3.63) is 29.3 Å². The minimum Gasteiger partial charge on any atom is -0.396 e. The number of anilines is 1. The summed E-state index contributed by atoms with van der Waals surface area (Å²) < 4.78 is 9.06. The van der Waals surface area contributed by atoms with Gasteiger partial charge in [-0.15, -0.1) is 0 Å². The van der Waals surface area contributed by atoms with Gasteiger partial charge in [0.05, 0.1) is 18.0 Å². The van der Waals surface area contributed by atoms with Crippen LogP contribution in [-0.2, 0) is 4.74 Å². The highest BCUT2D eigenvalue weighted by molar-refractivity contribution is 7.09. The first-order valence-corrected chi connectivity index (χ1v) is 6.45. The average molecular weight is 278 g/mol. The SMILES string of the molecule is COCCNC(=O)c1snc(-c2ccccn2)c1N. The van der Waals surface area contributed by atoms with Crippen LogP contribution in [0.3, 0.4) is 0 Å². The number of nitrogens with zero attached hydrogens (tertiary/aromatic N) is 2. The van der Waals surface area contributed by atoms with E-state index in [0.29, 0.717) is 35.1 Å². The van der Waals surface area contributed by atoms with Gasteiger partial charge in [-0.25, -0.2) is 0 Å². The van der Waals surface area contributed by atoms with Crippen LogP contribution < -0.4 is 11.1 Å². The Hall–Kier alpha value is -1.99. The van der Waals surface area contributed by atoms with E-state index in [9.17, 15) is 4.79 Å². The number of ether oxygens (including phenoxy) is 1. The maximum Gasteiger partial charge on any atom is 0.265 e. The predicted octanol–water partition coefficient (Wildman–Crippen LogP) is 1.16. The first-order valence-electron chi connectivity index (χ1n) is 5.67. The Morgan fingerprint density at radius 2 is 2.37 bits per heavy atom. The highest BCUT2D eigenvalue weighted by Crippen LogP contribution is 2.29. The molecule has 0 spiro atoms. The molecule has 0 aromatic carbocycles. The van der Waals surface area contributed by atoms with Crippen LogP contribution in [0.1, 0.15) is 9.67 Å². The third-order valence-corrected chi connectivity index (χ3v) is 3.30. The molecule has 3 N–H and O–H groups in total. The molecule has 100 valence electrons. The third kappa shape index (κ3) is 3.07. The average Bonchev–Trinajstić information content (AvgIpc) is 2.82. The molecule has 0 radical (unpaired) electrons. The molecule has 0 atom stereocenters. The fourth-order valence-corrected chi connectivity index (χ4v) is 2.22. The van der Waals surface area contributed by atoms with Gasteiger partial charge in [-0.3, -0.25) is 9.78 Å². The molecule has 2 aromatic heterocycles. The number of methoxy groups -OCH3 is 1. The summed E-state index contributed by atoms with van der Waals surface area (Å²) in [5.74, 6) is -0.241. The van der Waals surface area contributed by atoms with Crippen LogP contribution in [-0.4, -0.2) is 35.5 Å². The second-order valence-electron chi connectivity index (χ2n) is 3.74. The lowest BCUT2D eigenvalue weighted by Gasteiger charge is -2.03. The maximum absolute atomic E-state index is 11.9. The first kappa shape index (κ1) is 13.4. The normalized spacial score (nSPS) is 10.4. The molecular formula is C12H14N4O2S. The van der Waals surface area contributed by atoms with Gasteiger partial charge < -0.3 is 15.8 Å². The minimum atomic E-state index is -0.241. The van der Waals surface area contributed by atoms with Crippen molar-refractivity contribution < 1.29 is 9.53 Å². The van der Waals surface area contributed by atoms with E-state index in [0.717, 1.165) is 11.5 Å². The van der Waals surface area contributed by atoms with Gasteiger partial charge in [0, 0.05) is 19.9 Å². The van der Waals surface area contributed by atoms with Crippen molar-refractivity contribution >= 4 is 23.1 Å². The van der Waals surface area contributed by atoms with Gasteiger partial charge in [-0.2, -0.15) is 4.37 Å². The Morgan fingerprint density at radius 1 is 1.53 bits per heavy atom. The van der Waals surface area contributed by atoms with Gasteiger partial charge in [-0.1, -0.05) is 6.07 Å². The highest BCUT2D eigenvalue weighted by Gasteiger charge is 2.18. The van der Waals surface area contributed by atoms with E-state index >= 15 is 0 Å². The molecule has 6 nitrogen and oxygen atoms in total. The molecule has 0 aliphatic heterocycles. The van der Waals surface area contributed by atoms with Gasteiger partial charge in [0.2, 0.25) is 0 Å². The Kier molecular flexibility index (Phi) is 4.43. The molecule has 7 heteroatoms. The molecule has 2 aromatic rings. The smallest absolute Gasteiger partial charge is 0.265 e. The van der Waals surface area contributed by atoms with Crippen LogP contribution in [0.4, 0.5) is 5.69 Å². The van der Waals surface area contributed by atoms with E-state index in [1.54, 1.807) is 19.4 Å². The van der Waals surface area contributed by atoms with Crippen LogP contribution in [0, 0.1) is 0 Å².